The van der Waals surface area contributed by atoms with Gasteiger partial charge in [-0.3, -0.25) is 9.69 Å². The van der Waals surface area contributed by atoms with Crippen molar-refractivity contribution >= 4 is 5.78 Å². The molecule has 0 saturated carbocycles. The van der Waals surface area contributed by atoms with Crippen molar-refractivity contribution in [3.63, 3.8) is 0 Å². The average Bonchev–Trinajstić information content (AvgIpc) is 2.59. The van der Waals surface area contributed by atoms with Crippen LogP contribution in [0.4, 0.5) is 0 Å². The Kier molecular flexibility index (Phi) is 9.15. The number of carbonyl (C=O) groups excluding carboxylic acids is 1. The Morgan fingerprint density at radius 2 is 1.79 bits per heavy atom. The SMILES string of the molecule is CCCCCCCCN1CCCCCC1CC(C)=O. The molecule has 1 aliphatic heterocycles. The number of rotatable bonds is 9. The van der Waals surface area contributed by atoms with Crippen molar-refractivity contribution in [1.82, 2.24) is 4.90 Å². The first kappa shape index (κ1) is 16.7. The molecule has 1 heterocycles. The molecule has 1 rings (SSSR count). The van der Waals surface area contributed by atoms with Gasteiger partial charge in [-0.05, 0) is 39.3 Å². The molecule has 0 aliphatic carbocycles. The molecule has 0 aromatic rings. The minimum absolute atomic E-state index is 0.361. The Morgan fingerprint density at radius 1 is 1.05 bits per heavy atom. The van der Waals surface area contributed by atoms with E-state index in [-0.39, 0.29) is 0 Å². The summed E-state index contributed by atoms with van der Waals surface area (Å²) in [6.45, 7) is 6.44. The smallest absolute Gasteiger partial charge is 0.131 e. The molecule has 19 heavy (non-hydrogen) atoms. The van der Waals surface area contributed by atoms with Crippen LogP contribution in [0, 0.1) is 0 Å². The van der Waals surface area contributed by atoms with E-state index in [2.05, 4.69) is 11.8 Å². The summed E-state index contributed by atoms with van der Waals surface area (Å²) in [5.74, 6) is 0.361. The largest absolute Gasteiger partial charge is 0.300 e. The molecule has 0 spiro atoms. The summed E-state index contributed by atoms with van der Waals surface area (Å²) >= 11 is 0. The molecule has 1 unspecified atom stereocenters. The molecule has 2 nitrogen and oxygen atoms in total. The van der Waals surface area contributed by atoms with Gasteiger partial charge in [0.1, 0.15) is 5.78 Å². The van der Waals surface area contributed by atoms with E-state index in [0.29, 0.717) is 11.8 Å². The van der Waals surface area contributed by atoms with Crippen LogP contribution < -0.4 is 0 Å². The topological polar surface area (TPSA) is 20.3 Å². The average molecular weight is 267 g/mol. The number of ketones is 1. The predicted molar refractivity (Wildman–Crippen MR) is 82.5 cm³/mol. The second-order valence-electron chi connectivity index (χ2n) is 6.21. The Balaban J connectivity index is 2.23. The number of hydrogen-bond acceptors (Lipinski definition) is 2. The number of Topliss-reactive ketones (excluding diaryl/α,β-unsaturated/α-hetero) is 1. The summed E-state index contributed by atoms with van der Waals surface area (Å²) in [4.78, 5) is 14.0. The van der Waals surface area contributed by atoms with E-state index in [0.717, 1.165) is 6.42 Å². The minimum Gasteiger partial charge on any atom is -0.300 e. The van der Waals surface area contributed by atoms with Crippen LogP contribution in [0.3, 0.4) is 0 Å². The number of nitrogens with zero attached hydrogens (tertiary/aromatic N) is 1. The van der Waals surface area contributed by atoms with Gasteiger partial charge >= 0.3 is 0 Å². The van der Waals surface area contributed by atoms with Gasteiger partial charge in [0, 0.05) is 12.5 Å². The molecule has 112 valence electrons. The third kappa shape index (κ3) is 7.71. The Hall–Kier alpha value is -0.370. The lowest BCUT2D eigenvalue weighted by Crippen LogP contribution is -2.36. The predicted octanol–water partition coefficient (Wildman–Crippen LogP) is 4.57. The number of carbonyl (C=O) groups is 1. The van der Waals surface area contributed by atoms with Crippen molar-refractivity contribution in [2.24, 2.45) is 0 Å². The van der Waals surface area contributed by atoms with Gasteiger partial charge in [0.05, 0.1) is 0 Å². The van der Waals surface area contributed by atoms with Gasteiger partial charge in [-0.15, -0.1) is 0 Å². The van der Waals surface area contributed by atoms with Crippen molar-refractivity contribution in [3.05, 3.63) is 0 Å². The summed E-state index contributed by atoms with van der Waals surface area (Å²) in [7, 11) is 0. The molecule has 1 saturated heterocycles. The summed E-state index contributed by atoms with van der Waals surface area (Å²) in [6, 6.07) is 0.538. The molecule has 0 aromatic heterocycles. The zero-order valence-corrected chi connectivity index (χ0v) is 13.1. The van der Waals surface area contributed by atoms with Crippen LogP contribution in [0.25, 0.3) is 0 Å². The Labute approximate surface area is 119 Å². The van der Waals surface area contributed by atoms with Crippen LogP contribution in [0.2, 0.25) is 0 Å². The van der Waals surface area contributed by atoms with Crippen LogP contribution in [0.1, 0.15) is 84.5 Å². The summed E-state index contributed by atoms with van der Waals surface area (Å²) < 4.78 is 0. The summed E-state index contributed by atoms with van der Waals surface area (Å²) in [5, 5.41) is 0. The molecule has 2 heteroatoms. The van der Waals surface area contributed by atoms with Crippen molar-refractivity contribution in [2.75, 3.05) is 13.1 Å². The molecule has 1 aliphatic rings. The molecular formula is C17H33NO. The van der Waals surface area contributed by atoms with E-state index in [1.165, 1.54) is 77.3 Å². The molecule has 0 radical (unpaired) electrons. The zero-order valence-electron chi connectivity index (χ0n) is 13.1. The van der Waals surface area contributed by atoms with E-state index >= 15 is 0 Å². The van der Waals surface area contributed by atoms with Crippen LogP contribution in [0.5, 0.6) is 0 Å². The van der Waals surface area contributed by atoms with Crippen molar-refractivity contribution < 1.29 is 4.79 Å². The lowest BCUT2D eigenvalue weighted by molar-refractivity contribution is -0.118. The third-order valence-electron chi connectivity index (χ3n) is 4.32. The second-order valence-corrected chi connectivity index (χ2v) is 6.21. The highest BCUT2D eigenvalue weighted by Gasteiger charge is 2.21. The maximum Gasteiger partial charge on any atom is 0.131 e. The van der Waals surface area contributed by atoms with Crippen molar-refractivity contribution in [3.8, 4) is 0 Å². The van der Waals surface area contributed by atoms with E-state index in [1.807, 2.05) is 0 Å². The lowest BCUT2D eigenvalue weighted by atomic mass is 10.0. The van der Waals surface area contributed by atoms with Gasteiger partial charge in [0.25, 0.3) is 0 Å². The first-order chi connectivity index (χ1) is 9.24. The van der Waals surface area contributed by atoms with Crippen LogP contribution in [-0.4, -0.2) is 29.8 Å². The number of unbranched alkanes of at least 4 members (excludes halogenated alkanes) is 5. The first-order valence-corrected chi connectivity index (χ1v) is 8.47. The number of hydrogen-bond donors (Lipinski definition) is 0. The quantitative estimate of drug-likeness (QED) is 0.570. The molecular weight excluding hydrogens is 234 g/mol. The van der Waals surface area contributed by atoms with Gasteiger partial charge in [-0.25, -0.2) is 0 Å². The summed E-state index contributed by atoms with van der Waals surface area (Å²) in [6.07, 6.45) is 14.2. The highest BCUT2D eigenvalue weighted by Crippen LogP contribution is 2.20. The fraction of sp³-hybridized carbons (Fsp3) is 0.941. The lowest BCUT2D eigenvalue weighted by Gasteiger charge is -2.29. The van der Waals surface area contributed by atoms with Gasteiger partial charge in [-0.2, -0.15) is 0 Å². The zero-order chi connectivity index (χ0) is 13.9. The molecule has 0 bridgehead atoms. The van der Waals surface area contributed by atoms with Crippen molar-refractivity contribution in [2.45, 2.75) is 90.5 Å². The second kappa shape index (κ2) is 10.4. The minimum atomic E-state index is 0.361. The fourth-order valence-corrected chi connectivity index (χ4v) is 3.19. The Morgan fingerprint density at radius 3 is 2.53 bits per heavy atom. The van der Waals surface area contributed by atoms with Gasteiger partial charge in [-0.1, -0.05) is 51.9 Å². The summed E-state index contributed by atoms with van der Waals surface area (Å²) in [5.41, 5.74) is 0. The molecule has 0 aromatic carbocycles. The van der Waals surface area contributed by atoms with E-state index in [4.69, 9.17) is 0 Å². The fourth-order valence-electron chi connectivity index (χ4n) is 3.19. The van der Waals surface area contributed by atoms with Crippen LogP contribution >= 0.6 is 0 Å². The maximum atomic E-state index is 11.4. The Bertz CT molecular complexity index is 239. The van der Waals surface area contributed by atoms with Crippen molar-refractivity contribution in [1.29, 1.82) is 0 Å². The highest BCUT2D eigenvalue weighted by molar-refractivity contribution is 5.76. The molecule has 1 fully saturated rings. The first-order valence-electron chi connectivity index (χ1n) is 8.47. The van der Waals surface area contributed by atoms with Crippen LogP contribution in [-0.2, 0) is 4.79 Å². The van der Waals surface area contributed by atoms with E-state index in [1.54, 1.807) is 6.92 Å². The van der Waals surface area contributed by atoms with Gasteiger partial charge < -0.3 is 0 Å². The van der Waals surface area contributed by atoms with Gasteiger partial charge in [0.15, 0.2) is 0 Å². The van der Waals surface area contributed by atoms with E-state index < -0.39 is 0 Å². The third-order valence-corrected chi connectivity index (χ3v) is 4.32. The normalized spacial score (nSPS) is 21.3. The molecule has 1 atom stereocenters. The van der Waals surface area contributed by atoms with Gasteiger partial charge in [0.2, 0.25) is 0 Å². The van der Waals surface area contributed by atoms with E-state index in [9.17, 15) is 4.79 Å². The van der Waals surface area contributed by atoms with Crippen LogP contribution in [0.15, 0.2) is 0 Å². The number of likely N-dealkylation sites (tertiary alicyclic amines) is 1. The highest BCUT2D eigenvalue weighted by atomic mass is 16.1. The molecule has 0 amide bonds. The maximum absolute atomic E-state index is 11.4. The standard InChI is InChI=1S/C17H33NO/c1-3-4-5-6-7-10-13-18-14-11-8-9-12-17(18)15-16(2)19/h17H,3-15H2,1-2H3. The monoisotopic (exact) mass is 267 g/mol. The molecule has 0 N–H and O–H groups in total.